The standard InChI is InChI=1S/C16H21F3N4O2S/c1-10-13(26(24,25)22-15(3,4)5)11(2)23(21-10)9-12-7-6-8-20-14(12)16(17,18)19/h6-8,22H,9H2,1-5H3. The number of alkyl halides is 3. The lowest BCUT2D eigenvalue weighted by Crippen LogP contribution is -2.40. The molecule has 2 aromatic heterocycles. The fourth-order valence-electron chi connectivity index (χ4n) is 2.66. The maximum atomic E-state index is 13.1. The van der Waals surface area contributed by atoms with E-state index in [0.717, 1.165) is 6.20 Å². The van der Waals surface area contributed by atoms with Crippen molar-refractivity contribution in [3.05, 3.63) is 41.0 Å². The van der Waals surface area contributed by atoms with Gasteiger partial charge >= 0.3 is 6.18 Å². The number of hydrogen-bond acceptors (Lipinski definition) is 4. The number of hydrogen-bond donors (Lipinski definition) is 1. The molecule has 0 aliphatic rings. The molecule has 0 amide bonds. The lowest BCUT2D eigenvalue weighted by atomic mass is 10.1. The minimum Gasteiger partial charge on any atom is -0.264 e. The fraction of sp³-hybridized carbons (Fsp3) is 0.500. The predicted molar refractivity (Wildman–Crippen MR) is 90.1 cm³/mol. The zero-order valence-electron chi connectivity index (χ0n) is 15.1. The van der Waals surface area contributed by atoms with Crippen LogP contribution in [0.25, 0.3) is 0 Å². The molecular formula is C16H21F3N4O2S. The van der Waals surface area contributed by atoms with Gasteiger partial charge in [0.1, 0.15) is 10.6 Å². The molecule has 26 heavy (non-hydrogen) atoms. The van der Waals surface area contributed by atoms with Gasteiger partial charge in [-0.2, -0.15) is 18.3 Å². The first kappa shape index (κ1) is 20.4. The van der Waals surface area contributed by atoms with Crippen molar-refractivity contribution in [2.24, 2.45) is 0 Å². The minimum absolute atomic E-state index is 0.0233. The molecule has 0 atom stereocenters. The summed E-state index contributed by atoms with van der Waals surface area (Å²) in [5.41, 5.74) is -1.32. The number of rotatable bonds is 4. The van der Waals surface area contributed by atoms with Crippen molar-refractivity contribution in [3.8, 4) is 0 Å². The molecule has 0 spiro atoms. The van der Waals surface area contributed by atoms with Crippen molar-refractivity contribution in [1.82, 2.24) is 19.5 Å². The van der Waals surface area contributed by atoms with Crippen molar-refractivity contribution in [3.63, 3.8) is 0 Å². The lowest BCUT2D eigenvalue weighted by Gasteiger charge is -2.20. The van der Waals surface area contributed by atoms with Crippen LogP contribution in [-0.2, 0) is 22.7 Å². The van der Waals surface area contributed by atoms with Crippen LogP contribution in [0.3, 0.4) is 0 Å². The summed E-state index contributed by atoms with van der Waals surface area (Å²) in [5.74, 6) is 0. The molecule has 144 valence electrons. The normalized spacial score (nSPS) is 13.2. The number of halogens is 3. The zero-order valence-corrected chi connectivity index (χ0v) is 16.0. The van der Waals surface area contributed by atoms with E-state index in [1.807, 2.05) is 0 Å². The molecule has 2 aromatic rings. The topological polar surface area (TPSA) is 76.9 Å². The average Bonchev–Trinajstić information content (AvgIpc) is 2.70. The summed E-state index contributed by atoms with van der Waals surface area (Å²) < 4.78 is 68.4. The van der Waals surface area contributed by atoms with E-state index in [2.05, 4.69) is 14.8 Å². The molecule has 2 heterocycles. The van der Waals surface area contributed by atoms with Gasteiger partial charge in [0.15, 0.2) is 0 Å². The van der Waals surface area contributed by atoms with Gasteiger partial charge in [0.05, 0.1) is 17.9 Å². The summed E-state index contributed by atoms with van der Waals surface area (Å²) in [6, 6.07) is 2.70. The van der Waals surface area contributed by atoms with E-state index in [4.69, 9.17) is 0 Å². The smallest absolute Gasteiger partial charge is 0.264 e. The van der Waals surface area contributed by atoms with Gasteiger partial charge in [-0.05, 0) is 40.7 Å². The molecule has 1 N–H and O–H groups in total. The second kappa shape index (κ2) is 6.66. The van der Waals surface area contributed by atoms with Crippen LogP contribution >= 0.6 is 0 Å². The Labute approximate surface area is 150 Å². The summed E-state index contributed by atoms with van der Waals surface area (Å²) in [5, 5.41) is 4.13. The van der Waals surface area contributed by atoms with E-state index in [9.17, 15) is 21.6 Å². The average molecular weight is 390 g/mol. The van der Waals surface area contributed by atoms with Crippen molar-refractivity contribution in [2.45, 2.75) is 57.8 Å². The second-order valence-electron chi connectivity index (χ2n) is 7.02. The molecule has 2 rings (SSSR count). The minimum atomic E-state index is -4.60. The number of aryl methyl sites for hydroxylation is 1. The molecule has 10 heteroatoms. The van der Waals surface area contributed by atoms with E-state index >= 15 is 0 Å². The Morgan fingerprint density at radius 1 is 1.19 bits per heavy atom. The van der Waals surface area contributed by atoms with Gasteiger partial charge in [0, 0.05) is 17.3 Å². The molecule has 0 saturated carbocycles. The van der Waals surface area contributed by atoms with Crippen LogP contribution in [0.5, 0.6) is 0 Å². The van der Waals surface area contributed by atoms with Gasteiger partial charge in [-0.1, -0.05) is 6.07 Å². The van der Waals surface area contributed by atoms with Crippen LogP contribution in [0.1, 0.15) is 43.4 Å². The molecule has 0 saturated heterocycles. The van der Waals surface area contributed by atoms with Crippen molar-refractivity contribution in [1.29, 1.82) is 0 Å². The molecule has 6 nitrogen and oxygen atoms in total. The highest BCUT2D eigenvalue weighted by Crippen LogP contribution is 2.31. The molecule has 0 radical (unpaired) electrons. The number of sulfonamides is 1. The lowest BCUT2D eigenvalue weighted by molar-refractivity contribution is -0.141. The van der Waals surface area contributed by atoms with Gasteiger partial charge in [0.2, 0.25) is 10.0 Å². The molecular weight excluding hydrogens is 369 g/mol. The van der Waals surface area contributed by atoms with Gasteiger partial charge < -0.3 is 0 Å². The molecule has 0 aliphatic heterocycles. The zero-order chi connectivity index (χ0) is 19.9. The first-order valence-corrected chi connectivity index (χ1v) is 9.30. The van der Waals surface area contributed by atoms with Gasteiger partial charge in [-0.25, -0.2) is 13.1 Å². The van der Waals surface area contributed by atoms with Crippen LogP contribution in [0, 0.1) is 13.8 Å². The highest BCUT2D eigenvalue weighted by Gasteiger charge is 2.35. The van der Waals surface area contributed by atoms with Gasteiger partial charge in [-0.3, -0.25) is 9.67 Å². The largest absolute Gasteiger partial charge is 0.433 e. The van der Waals surface area contributed by atoms with E-state index < -0.39 is 27.4 Å². The van der Waals surface area contributed by atoms with E-state index in [1.165, 1.54) is 30.7 Å². The quantitative estimate of drug-likeness (QED) is 0.871. The molecule has 0 aromatic carbocycles. The Morgan fingerprint density at radius 2 is 1.81 bits per heavy atom. The van der Waals surface area contributed by atoms with Crippen LogP contribution in [0.4, 0.5) is 13.2 Å². The van der Waals surface area contributed by atoms with Crippen molar-refractivity contribution < 1.29 is 21.6 Å². The second-order valence-corrected chi connectivity index (χ2v) is 8.64. The summed E-state index contributed by atoms with van der Waals surface area (Å²) >= 11 is 0. The monoisotopic (exact) mass is 390 g/mol. The van der Waals surface area contributed by atoms with Gasteiger partial charge in [0.25, 0.3) is 0 Å². The van der Waals surface area contributed by atoms with E-state index in [-0.39, 0.29) is 28.4 Å². The number of pyridine rings is 1. The highest BCUT2D eigenvalue weighted by atomic mass is 32.2. The summed E-state index contributed by atoms with van der Waals surface area (Å²) in [7, 11) is -3.86. The number of nitrogens with zero attached hydrogens (tertiary/aromatic N) is 3. The maximum Gasteiger partial charge on any atom is 0.433 e. The maximum absolute atomic E-state index is 13.1. The predicted octanol–water partition coefficient (Wildman–Crippen LogP) is 3.04. The number of aromatic nitrogens is 3. The van der Waals surface area contributed by atoms with Crippen LogP contribution in [0.15, 0.2) is 23.2 Å². The van der Waals surface area contributed by atoms with Crippen LogP contribution in [-0.4, -0.2) is 28.7 Å². The highest BCUT2D eigenvalue weighted by molar-refractivity contribution is 7.89. The Bertz CT molecular complexity index is 913. The van der Waals surface area contributed by atoms with Gasteiger partial charge in [-0.15, -0.1) is 0 Å². The first-order chi connectivity index (χ1) is 11.7. The molecule has 0 unspecified atom stereocenters. The van der Waals surface area contributed by atoms with E-state index in [0.29, 0.717) is 0 Å². The SMILES string of the molecule is Cc1nn(Cc2cccnc2C(F)(F)F)c(C)c1S(=O)(=O)NC(C)(C)C. The fourth-order valence-corrected chi connectivity index (χ4v) is 4.49. The third kappa shape index (κ3) is 4.42. The third-order valence-electron chi connectivity index (χ3n) is 3.50. The summed E-state index contributed by atoms with van der Waals surface area (Å²) in [6.07, 6.45) is -3.54. The van der Waals surface area contributed by atoms with Crippen molar-refractivity contribution >= 4 is 10.0 Å². The van der Waals surface area contributed by atoms with Crippen LogP contribution in [0.2, 0.25) is 0 Å². The molecule has 0 fully saturated rings. The Balaban J connectivity index is 2.48. The third-order valence-corrected chi connectivity index (χ3v) is 5.51. The Morgan fingerprint density at radius 3 is 2.35 bits per heavy atom. The molecule has 0 aliphatic carbocycles. The van der Waals surface area contributed by atoms with Crippen molar-refractivity contribution in [2.75, 3.05) is 0 Å². The van der Waals surface area contributed by atoms with Crippen LogP contribution < -0.4 is 4.72 Å². The Kier molecular flexibility index (Phi) is 5.22. The summed E-state index contributed by atoms with van der Waals surface area (Å²) in [4.78, 5) is 3.38. The summed E-state index contributed by atoms with van der Waals surface area (Å²) in [6.45, 7) is 7.89. The first-order valence-electron chi connectivity index (χ1n) is 7.81. The molecule has 0 bridgehead atoms. The van der Waals surface area contributed by atoms with E-state index in [1.54, 1.807) is 20.8 Å². The number of nitrogens with one attached hydrogen (secondary N) is 1. The Hall–Kier alpha value is -1.94.